The van der Waals surface area contributed by atoms with Gasteiger partial charge in [0.05, 0.1) is 0 Å². The molecule has 0 radical (unpaired) electrons. The first-order valence-electron chi connectivity index (χ1n) is 7.21. The first-order chi connectivity index (χ1) is 8.22. The van der Waals surface area contributed by atoms with Crippen molar-refractivity contribution in [1.82, 2.24) is 10.2 Å². The fourth-order valence-corrected chi connectivity index (χ4v) is 1.73. The Morgan fingerprint density at radius 2 is 1.47 bits per heavy atom. The highest BCUT2D eigenvalue weighted by molar-refractivity contribution is 5.73. The van der Waals surface area contributed by atoms with Gasteiger partial charge in [0.2, 0.25) is 0 Å². The molecule has 0 aliphatic carbocycles. The number of nitrogens with one attached hydrogen (secondary N) is 1. The van der Waals surface area contributed by atoms with Crippen LogP contribution in [0.5, 0.6) is 0 Å². The van der Waals surface area contributed by atoms with Gasteiger partial charge in [-0.2, -0.15) is 0 Å². The summed E-state index contributed by atoms with van der Waals surface area (Å²) >= 11 is 0. The average Bonchev–Trinajstić information content (AvgIpc) is 2.35. The molecular weight excluding hydrogens is 212 g/mol. The van der Waals surface area contributed by atoms with Crippen LogP contribution in [0.2, 0.25) is 0 Å². The van der Waals surface area contributed by atoms with Crippen LogP contribution >= 0.6 is 0 Å². The summed E-state index contributed by atoms with van der Waals surface area (Å²) in [5.74, 6) is 0. The Bertz CT molecular complexity index is 183. The summed E-state index contributed by atoms with van der Waals surface area (Å²) in [6, 6.07) is 0.0513. The van der Waals surface area contributed by atoms with Crippen molar-refractivity contribution in [1.29, 1.82) is 0 Å². The van der Waals surface area contributed by atoms with Crippen LogP contribution in [0.1, 0.15) is 65.2 Å². The van der Waals surface area contributed by atoms with Gasteiger partial charge in [-0.3, -0.25) is 0 Å². The molecule has 102 valence electrons. The van der Waals surface area contributed by atoms with Crippen molar-refractivity contribution < 1.29 is 4.79 Å². The minimum Gasteiger partial charge on any atom is -0.338 e. The van der Waals surface area contributed by atoms with Crippen LogP contribution in [0.4, 0.5) is 4.79 Å². The van der Waals surface area contributed by atoms with Crippen LogP contribution in [-0.2, 0) is 0 Å². The molecule has 0 aliphatic rings. The normalized spacial score (nSPS) is 10.3. The molecule has 2 amide bonds. The molecule has 0 spiro atoms. The van der Waals surface area contributed by atoms with Gasteiger partial charge >= 0.3 is 6.03 Å². The summed E-state index contributed by atoms with van der Waals surface area (Å²) in [7, 11) is 1.82. The summed E-state index contributed by atoms with van der Waals surface area (Å²) in [6.45, 7) is 5.81. The number of carbonyl (C=O) groups is 1. The maximum Gasteiger partial charge on any atom is 0.317 e. The molecule has 1 N–H and O–H groups in total. The molecule has 0 rings (SSSR count). The second kappa shape index (κ2) is 11.7. The molecule has 17 heavy (non-hydrogen) atoms. The predicted octanol–water partition coefficient (Wildman–Crippen LogP) is 3.79. The second-order valence-electron chi connectivity index (χ2n) is 4.72. The third-order valence-corrected chi connectivity index (χ3v) is 3.13. The fraction of sp³-hybridized carbons (Fsp3) is 0.929. The van der Waals surface area contributed by atoms with Crippen molar-refractivity contribution in [2.75, 3.05) is 20.1 Å². The van der Waals surface area contributed by atoms with E-state index in [0.717, 1.165) is 19.5 Å². The molecule has 0 fully saturated rings. The highest BCUT2D eigenvalue weighted by Gasteiger charge is 2.03. The van der Waals surface area contributed by atoms with E-state index in [-0.39, 0.29) is 6.03 Å². The zero-order valence-corrected chi connectivity index (χ0v) is 11.9. The number of hydrogen-bond donors (Lipinski definition) is 1. The molecule has 0 saturated carbocycles. The van der Waals surface area contributed by atoms with Crippen LogP contribution in [0.15, 0.2) is 0 Å². The molecule has 0 bridgehead atoms. The van der Waals surface area contributed by atoms with Crippen LogP contribution in [0.3, 0.4) is 0 Å². The number of hydrogen-bond acceptors (Lipinski definition) is 1. The van der Waals surface area contributed by atoms with E-state index in [4.69, 9.17) is 0 Å². The maximum atomic E-state index is 11.4. The molecule has 0 heterocycles. The van der Waals surface area contributed by atoms with E-state index in [1.807, 2.05) is 14.0 Å². The predicted molar refractivity (Wildman–Crippen MR) is 74.3 cm³/mol. The van der Waals surface area contributed by atoms with E-state index in [9.17, 15) is 4.79 Å². The summed E-state index contributed by atoms with van der Waals surface area (Å²) in [5, 5.41) is 2.93. The lowest BCUT2D eigenvalue weighted by molar-refractivity contribution is 0.211. The van der Waals surface area contributed by atoms with Crippen LogP contribution in [0, 0.1) is 0 Å². The van der Waals surface area contributed by atoms with Gasteiger partial charge in [0.15, 0.2) is 0 Å². The molecular formula is C14H30N2O. The van der Waals surface area contributed by atoms with Crippen LogP contribution in [-0.4, -0.2) is 31.1 Å². The van der Waals surface area contributed by atoms with Crippen molar-refractivity contribution in [3.63, 3.8) is 0 Å². The average molecular weight is 242 g/mol. The van der Waals surface area contributed by atoms with Crippen molar-refractivity contribution in [2.45, 2.75) is 65.2 Å². The Balaban J connectivity index is 3.16. The third kappa shape index (κ3) is 10.2. The lowest BCUT2D eigenvalue weighted by Gasteiger charge is -2.15. The number of unbranched alkanes of at least 4 members (excludes halogenated alkanes) is 7. The summed E-state index contributed by atoms with van der Waals surface area (Å²) < 4.78 is 0. The molecule has 0 saturated heterocycles. The largest absolute Gasteiger partial charge is 0.338 e. The van der Waals surface area contributed by atoms with Gasteiger partial charge in [0.1, 0.15) is 0 Å². The highest BCUT2D eigenvalue weighted by Crippen LogP contribution is 2.07. The Kier molecular flexibility index (Phi) is 11.2. The molecule has 3 heteroatoms. The zero-order chi connectivity index (χ0) is 12.9. The van der Waals surface area contributed by atoms with Crippen LogP contribution in [0.25, 0.3) is 0 Å². The summed E-state index contributed by atoms with van der Waals surface area (Å²) in [6.07, 6.45) is 10.5. The standard InChI is InChI=1S/C14H30N2O/c1-4-6-7-8-9-10-11-12-13-15-14(17)16(3)5-2/h4-13H2,1-3H3,(H,15,17). The molecule has 3 nitrogen and oxygen atoms in total. The number of rotatable bonds is 10. The van der Waals surface area contributed by atoms with Crippen LogP contribution < -0.4 is 5.32 Å². The third-order valence-electron chi connectivity index (χ3n) is 3.13. The lowest BCUT2D eigenvalue weighted by Crippen LogP contribution is -2.37. The molecule has 0 aliphatic heterocycles. The lowest BCUT2D eigenvalue weighted by atomic mass is 10.1. The van der Waals surface area contributed by atoms with Gasteiger partial charge in [-0.1, -0.05) is 51.9 Å². The van der Waals surface area contributed by atoms with Crippen molar-refractivity contribution in [3.05, 3.63) is 0 Å². The number of carbonyl (C=O) groups excluding carboxylic acids is 1. The van der Waals surface area contributed by atoms with E-state index >= 15 is 0 Å². The van der Waals surface area contributed by atoms with Gasteiger partial charge in [-0.15, -0.1) is 0 Å². The molecule has 0 unspecified atom stereocenters. The molecule has 0 aromatic heterocycles. The van der Waals surface area contributed by atoms with E-state index < -0.39 is 0 Å². The van der Waals surface area contributed by atoms with Crippen molar-refractivity contribution >= 4 is 6.03 Å². The summed E-state index contributed by atoms with van der Waals surface area (Å²) in [5.41, 5.74) is 0. The van der Waals surface area contributed by atoms with Gasteiger partial charge in [-0.25, -0.2) is 4.79 Å². The first kappa shape index (κ1) is 16.3. The van der Waals surface area contributed by atoms with E-state index in [1.54, 1.807) is 4.90 Å². The Hall–Kier alpha value is -0.730. The quantitative estimate of drug-likeness (QED) is 0.581. The minimum absolute atomic E-state index is 0.0513. The zero-order valence-electron chi connectivity index (χ0n) is 11.9. The summed E-state index contributed by atoms with van der Waals surface area (Å²) in [4.78, 5) is 13.1. The Morgan fingerprint density at radius 3 is 2.00 bits per heavy atom. The van der Waals surface area contributed by atoms with E-state index in [2.05, 4.69) is 12.2 Å². The molecule has 0 atom stereocenters. The van der Waals surface area contributed by atoms with Gasteiger partial charge < -0.3 is 10.2 Å². The van der Waals surface area contributed by atoms with Gasteiger partial charge in [-0.05, 0) is 13.3 Å². The maximum absolute atomic E-state index is 11.4. The first-order valence-corrected chi connectivity index (χ1v) is 7.21. The monoisotopic (exact) mass is 242 g/mol. The second-order valence-corrected chi connectivity index (χ2v) is 4.72. The SMILES string of the molecule is CCCCCCCCCCNC(=O)N(C)CC. The molecule has 0 aromatic carbocycles. The van der Waals surface area contributed by atoms with E-state index in [1.165, 1.54) is 44.9 Å². The fourth-order valence-electron chi connectivity index (χ4n) is 1.73. The number of nitrogens with zero attached hydrogens (tertiary/aromatic N) is 1. The smallest absolute Gasteiger partial charge is 0.317 e. The Labute approximate surface area is 107 Å². The van der Waals surface area contributed by atoms with Gasteiger partial charge in [0.25, 0.3) is 0 Å². The van der Waals surface area contributed by atoms with E-state index in [0.29, 0.717) is 0 Å². The van der Waals surface area contributed by atoms with Crippen molar-refractivity contribution in [2.24, 2.45) is 0 Å². The number of urea groups is 1. The topological polar surface area (TPSA) is 32.3 Å². The van der Waals surface area contributed by atoms with Crippen molar-refractivity contribution in [3.8, 4) is 0 Å². The minimum atomic E-state index is 0.0513. The number of amides is 2. The molecule has 0 aromatic rings. The van der Waals surface area contributed by atoms with Gasteiger partial charge in [0, 0.05) is 20.1 Å². The highest BCUT2D eigenvalue weighted by atomic mass is 16.2. The Morgan fingerprint density at radius 1 is 0.941 bits per heavy atom.